The first kappa shape index (κ1) is 16.6. The standard InChI is InChI=1S/C18H24N2OS/c1-20(16-8-3-2-4-9-16)14-7-13-19-18(21)12-5-10-17-11-6-15-22-17/h2-4,6,8-9,11,15H,5,7,10,12-14H2,1H3,(H,19,21). The molecule has 2 rings (SSSR count). The molecule has 1 heterocycles. The molecule has 1 aromatic heterocycles. The highest BCUT2D eigenvalue weighted by Gasteiger charge is 2.03. The summed E-state index contributed by atoms with van der Waals surface area (Å²) in [5.74, 6) is 0.166. The zero-order chi connectivity index (χ0) is 15.6. The highest BCUT2D eigenvalue weighted by Crippen LogP contribution is 2.12. The predicted octanol–water partition coefficient (Wildman–Crippen LogP) is 3.71. The molecule has 0 saturated carbocycles. The lowest BCUT2D eigenvalue weighted by Crippen LogP contribution is -2.28. The Labute approximate surface area is 137 Å². The summed E-state index contributed by atoms with van der Waals surface area (Å²) in [4.78, 5) is 15.3. The van der Waals surface area contributed by atoms with E-state index in [9.17, 15) is 4.79 Å². The van der Waals surface area contributed by atoms with Gasteiger partial charge in [-0.25, -0.2) is 0 Å². The minimum Gasteiger partial charge on any atom is -0.375 e. The Morgan fingerprint density at radius 3 is 2.68 bits per heavy atom. The summed E-state index contributed by atoms with van der Waals surface area (Å²) in [7, 11) is 2.08. The molecule has 0 fully saturated rings. The maximum Gasteiger partial charge on any atom is 0.220 e. The van der Waals surface area contributed by atoms with Crippen LogP contribution in [0, 0.1) is 0 Å². The zero-order valence-corrected chi connectivity index (χ0v) is 13.9. The van der Waals surface area contributed by atoms with Gasteiger partial charge in [0.2, 0.25) is 5.91 Å². The van der Waals surface area contributed by atoms with Gasteiger partial charge in [-0.3, -0.25) is 4.79 Å². The fraction of sp³-hybridized carbons (Fsp3) is 0.389. The van der Waals surface area contributed by atoms with E-state index in [1.165, 1.54) is 10.6 Å². The van der Waals surface area contributed by atoms with Gasteiger partial charge < -0.3 is 10.2 Å². The van der Waals surface area contributed by atoms with Gasteiger partial charge in [0, 0.05) is 37.1 Å². The van der Waals surface area contributed by atoms with Crippen LogP contribution in [0.1, 0.15) is 24.1 Å². The number of amides is 1. The highest BCUT2D eigenvalue weighted by atomic mass is 32.1. The summed E-state index contributed by atoms with van der Waals surface area (Å²) in [6.45, 7) is 1.69. The smallest absolute Gasteiger partial charge is 0.220 e. The lowest BCUT2D eigenvalue weighted by atomic mass is 10.2. The van der Waals surface area contributed by atoms with Crippen molar-refractivity contribution in [1.82, 2.24) is 5.32 Å². The van der Waals surface area contributed by atoms with Crippen molar-refractivity contribution >= 4 is 22.9 Å². The molecule has 0 spiro atoms. The van der Waals surface area contributed by atoms with Gasteiger partial charge in [0.05, 0.1) is 0 Å². The second kappa shape index (κ2) is 9.26. The number of thiophene rings is 1. The van der Waals surface area contributed by atoms with Crippen molar-refractivity contribution < 1.29 is 4.79 Å². The minimum atomic E-state index is 0.166. The van der Waals surface area contributed by atoms with Gasteiger partial charge in [0.15, 0.2) is 0 Å². The van der Waals surface area contributed by atoms with Crippen molar-refractivity contribution in [3.8, 4) is 0 Å². The number of para-hydroxylation sites is 1. The van der Waals surface area contributed by atoms with Crippen molar-refractivity contribution in [2.45, 2.75) is 25.7 Å². The van der Waals surface area contributed by atoms with Crippen LogP contribution in [0.5, 0.6) is 0 Å². The molecule has 0 bridgehead atoms. The molecule has 22 heavy (non-hydrogen) atoms. The average Bonchev–Trinajstić information content (AvgIpc) is 3.05. The van der Waals surface area contributed by atoms with E-state index >= 15 is 0 Å². The van der Waals surface area contributed by atoms with E-state index in [1.54, 1.807) is 11.3 Å². The van der Waals surface area contributed by atoms with Crippen molar-refractivity contribution in [3.63, 3.8) is 0 Å². The third-order valence-electron chi connectivity index (χ3n) is 3.60. The number of rotatable bonds is 9. The minimum absolute atomic E-state index is 0.166. The van der Waals surface area contributed by atoms with Crippen molar-refractivity contribution in [1.29, 1.82) is 0 Å². The fourth-order valence-corrected chi connectivity index (χ4v) is 3.07. The number of hydrogen-bond donors (Lipinski definition) is 1. The number of benzene rings is 1. The molecule has 118 valence electrons. The number of carbonyl (C=O) groups is 1. The molecule has 2 aromatic rings. The van der Waals surface area contributed by atoms with Crippen LogP contribution in [-0.4, -0.2) is 26.0 Å². The van der Waals surface area contributed by atoms with Gasteiger partial charge in [0.25, 0.3) is 0 Å². The Morgan fingerprint density at radius 1 is 1.14 bits per heavy atom. The number of carbonyl (C=O) groups excluding carboxylic acids is 1. The second-order valence-electron chi connectivity index (χ2n) is 5.39. The molecule has 0 radical (unpaired) electrons. The summed E-state index contributed by atoms with van der Waals surface area (Å²) in [5, 5.41) is 5.09. The number of nitrogens with one attached hydrogen (secondary N) is 1. The summed E-state index contributed by atoms with van der Waals surface area (Å²) in [6, 6.07) is 14.5. The third-order valence-corrected chi connectivity index (χ3v) is 4.53. The maximum atomic E-state index is 11.8. The Kier molecular flexibility index (Phi) is 6.97. The SMILES string of the molecule is CN(CCCNC(=O)CCCc1cccs1)c1ccccc1. The fourth-order valence-electron chi connectivity index (χ4n) is 2.32. The van der Waals surface area contributed by atoms with E-state index in [1.807, 2.05) is 18.2 Å². The highest BCUT2D eigenvalue weighted by molar-refractivity contribution is 7.09. The van der Waals surface area contributed by atoms with E-state index in [0.29, 0.717) is 6.42 Å². The number of anilines is 1. The molecule has 4 heteroatoms. The molecule has 0 atom stereocenters. The molecule has 1 amide bonds. The van der Waals surface area contributed by atoms with Crippen LogP contribution in [0.15, 0.2) is 47.8 Å². The molecule has 1 N–H and O–H groups in total. The molecule has 3 nitrogen and oxygen atoms in total. The zero-order valence-electron chi connectivity index (χ0n) is 13.1. The summed E-state index contributed by atoms with van der Waals surface area (Å²) in [5.41, 5.74) is 1.21. The van der Waals surface area contributed by atoms with Crippen LogP contribution >= 0.6 is 11.3 Å². The molecular weight excluding hydrogens is 292 g/mol. The maximum absolute atomic E-state index is 11.8. The molecule has 1 aromatic carbocycles. The van der Waals surface area contributed by atoms with E-state index in [2.05, 4.69) is 46.9 Å². The summed E-state index contributed by atoms with van der Waals surface area (Å²) in [6.07, 6.45) is 3.51. The first-order chi connectivity index (χ1) is 10.8. The third kappa shape index (κ3) is 5.90. The first-order valence-electron chi connectivity index (χ1n) is 7.81. The predicted molar refractivity (Wildman–Crippen MR) is 94.6 cm³/mol. The molecule has 0 aliphatic heterocycles. The van der Waals surface area contributed by atoms with Crippen LogP contribution in [0.25, 0.3) is 0 Å². The number of hydrogen-bond acceptors (Lipinski definition) is 3. The van der Waals surface area contributed by atoms with Crippen molar-refractivity contribution in [3.05, 3.63) is 52.7 Å². The molecule has 0 saturated heterocycles. The second-order valence-corrected chi connectivity index (χ2v) is 6.43. The van der Waals surface area contributed by atoms with Crippen LogP contribution in [-0.2, 0) is 11.2 Å². The van der Waals surface area contributed by atoms with E-state index in [0.717, 1.165) is 32.4 Å². The summed E-state index contributed by atoms with van der Waals surface area (Å²) >= 11 is 1.76. The lowest BCUT2D eigenvalue weighted by Gasteiger charge is -2.19. The van der Waals surface area contributed by atoms with Crippen molar-refractivity contribution in [2.24, 2.45) is 0 Å². The van der Waals surface area contributed by atoms with Gasteiger partial charge in [0.1, 0.15) is 0 Å². The molecule has 0 unspecified atom stereocenters. The largest absolute Gasteiger partial charge is 0.375 e. The van der Waals surface area contributed by atoms with Crippen LogP contribution < -0.4 is 10.2 Å². The Morgan fingerprint density at radius 2 is 1.95 bits per heavy atom. The van der Waals surface area contributed by atoms with Gasteiger partial charge >= 0.3 is 0 Å². The molecule has 0 aliphatic rings. The number of aryl methyl sites for hydroxylation is 1. The van der Waals surface area contributed by atoms with Gasteiger partial charge in [-0.15, -0.1) is 11.3 Å². The van der Waals surface area contributed by atoms with E-state index in [-0.39, 0.29) is 5.91 Å². The first-order valence-corrected chi connectivity index (χ1v) is 8.69. The van der Waals surface area contributed by atoms with Gasteiger partial charge in [-0.2, -0.15) is 0 Å². The van der Waals surface area contributed by atoms with Crippen molar-refractivity contribution in [2.75, 3.05) is 25.0 Å². The Balaban J connectivity index is 1.53. The van der Waals surface area contributed by atoms with Crippen LogP contribution in [0.2, 0.25) is 0 Å². The van der Waals surface area contributed by atoms with Crippen LogP contribution in [0.3, 0.4) is 0 Å². The van der Waals surface area contributed by atoms with E-state index in [4.69, 9.17) is 0 Å². The molecule has 0 aliphatic carbocycles. The monoisotopic (exact) mass is 316 g/mol. The average molecular weight is 316 g/mol. The van der Waals surface area contributed by atoms with Crippen LogP contribution in [0.4, 0.5) is 5.69 Å². The number of nitrogens with zero attached hydrogens (tertiary/aromatic N) is 1. The Hall–Kier alpha value is -1.81. The lowest BCUT2D eigenvalue weighted by molar-refractivity contribution is -0.121. The Bertz CT molecular complexity index is 539. The molecular formula is C18H24N2OS. The van der Waals surface area contributed by atoms with Gasteiger partial charge in [-0.1, -0.05) is 24.3 Å². The van der Waals surface area contributed by atoms with Gasteiger partial charge in [-0.05, 0) is 42.8 Å². The van der Waals surface area contributed by atoms with E-state index < -0.39 is 0 Å². The normalized spacial score (nSPS) is 10.4. The quantitative estimate of drug-likeness (QED) is 0.715. The topological polar surface area (TPSA) is 32.3 Å². The summed E-state index contributed by atoms with van der Waals surface area (Å²) < 4.78 is 0.